The van der Waals surface area contributed by atoms with Crippen molar-refractivity contribution in [1.82, 2.24) is 0 Å². The summed E-state index contributed by atoms with van der Waals surface area (Å²) in [4.78, 5) is 14.2. The summed E-state index contributed by atoms with van der Waals surface area (Å²) in [5.74, 6) is 0.274. The fourth-order valence-corrected chi connectivity index (χ4v) is 2.51. The lowest BCUT2D eigenvalue weighted by Gasteiger charge is -2.23. The molecule has 0 radical (unpaired) electrons. The predicted molar refractivity (Wildman–Crippen MR) is 90.5 cm³/mol. The highest BCUT2D eigenvalue weighted by molar-refractivity contribution is 5.94. The van der Waals surface area contributed by atoms with Crippen molar-refractivity contribution in [3.05, 3.63) is 59.4 Å². The maximum Gasteiger partial charge on any atom is 0.230 e. The Balaban J connectivity index is 1.96. The zero-order chi connectivity index (χ0) is 16.8. The van der Waals surface area contributed by atoms with Gasteiger partial charge in [0, 0.05) is 12.2 Å². The topological polar surface area (TPSA) is 29.5 Å². The van der Waals surface area contributed by atoms with E-state index < -0.39 is 0 Å². The fourth-order valence-electron chi connectivity index (χ4n) is 2.51. The van der Waals surface area contributed by atoms with E-state index in [-0.39, 0.29) is 24.8 Å². The average Bonchev–Trinajstić information content (AvgIpc) is 2.52. The van der Waals surface area contributed by atoms with Crippen LogP contribution in [0.1, 0.15) is 24.5 Å². The van der Waals surface area contributed by atoms with Crippen LogP contribution < -0.4 is 9.64 Å². The van der Waals surface area contributed by atoms with Gasteiger partial charge in [0.25, 0.3) is 0 Å². The number of halogens is 1. The van der Waals surface area contributed by atoms with E-state index in [1.54, 1.807) is 17.0 Å². The molecule has 2 aromatic rings. The van der Waals surface area contributed by atoms with Gasteiger partial charge in [-0.05, 0) is 56.7 Å². The van der Waals surface area contributed by atoms with Gasteiger partial charge in [-0.25, -0.2) is 4.39 Å². The van der Waals surface area contributed by atoms with Crippen LogP contribution in [0.5, 0.6) is 5.75 Å². The molecular formula is C19H22FNO2. The van der Waals surface area contributed by atoms with Gasteiger partial charge < -0.3 is 9.64 Å². The number of rotatable bonds is 6. The Kier molecular flexibility index (Phi) is 5.74. The summed E-state index contributed by atoms with van der Waals surface area (Å²) < 4.78 is 18.3. The first-order valence-electron chi connectivity index (χ1n) is 7.77. The first-order chi connectivity index (χ1) is 11.0. The SMILES string of the molecule is CCN(C(=O)CCOc1ccc(F)cc1)c1ccc(C)cc1C. The molecule has 0 N–H and O–H groups in total. The van der Waals surface area contributed by atoms with Gasteiger partial charge in [0.1, 0.15) is 11.6 Å². The lowest BCUT2D eigenvalue weighted by molar-refractivity contribution is -0.119. The third-order valence-electron chi connectivity index (χ3n) is 3.66. The van der Waals surface area contributed by atoms with Crippen LogP contribution in [-0.2, 0) is 4.79 Å². The van der Waals surface area contributed by atoms with Crippen molar-refractivity contribution in [3.63, 3.8) is 0 Å². The zero-order valence-electron chi connectivity index (χ0n) is 13.8. The van der Waals surface area contributed by atoms with Gasteiger partial charge in [-0.3, -0.25) is 4.79 Å². The molecule has 0 fully saturated rings. The Bertz CT molecular complexity index is 668. The largest absolute Gasteiger partial charge is 0.493 e. The van der Waals surface area contributed by atoms with Gasteiger partial charge in [-0.15, -0.1) is 0 Å². The predicted octanol–water partition coefficient (Wildman–Crippen LogP) is 4.26. The average molecular weight is 315 g/mol. The highest BCUT2D eigenvalue weighted by Crippen LogP contribution is 2.22. The van der Waals surface area contributed by atoms with Crippen molar-refractivity contribution in [2.45, 2.75) is 27.2 Å². The number of amides is 1. The van der Waals surface area contributed by atoms with Crippen LogP contribution in [0.2, 0.25) is 0 Å². The van der Waals surface area contributed by atoms with Crippen LogP contribution in [0.3, 0.4) is 0 Å². The van der Waals surface area contributed by atoms with E-state index in [4.69, 9.17) is 4.74 Å². The summed E-state index contributed by atoms with van der Waals surface area (Å²) in [5.41, 5.74) is 3.19. The van der Waals surface area contributed by atoms with Gasteiger partial charge in [0.15, 0.2) is 0 Å². The van der Waals surface area contributed by atoms with E-state index in [9.17, 15) is 9.18 Å². The van der Waals surface area contributed by atoms with E-state index in [1.165, 1.54) is 17.7 Å². The summed E-state index contributed by atoms with van der Waals surface area (Å²) in [5, 5.41) is 0. The van der Waals surface area contributed by atoms with Gasteiger partial charge in [-0.2, -0.15) is 0 Å². The number of benzene rings is 2. The molecule has 0 heterocycles. The fraction of sp³-hybridized carbons (Fsp3) is 0.316. The molecule has 2 rings (SSSR count). The quantitative estimate of drug-likeness (QED) is 0.797. The first kappa shape index (κ1) is 17.0. The van der Waals surface area contributed by atoms with Crippen molar-refractivity contribution < 1.29 is 13.9 Å². The van der Waals surface area contributed by atoms with Crippen molar-refractivity contribution in [2.24, 2.45) is 0 Å². The molecule has 23 heavy (non-hydrogen) atoms. The molecule has 0 aliphatic carbocycles. The van der Waals surface area contributed by atoms with E-state index >= 15 is 0 Å². The van der Waals surface area contributed by atoms with Crippen molar-refractivity contribution >= 4 is 11.6 Å². The zero-order valence-corrected chi connectivity index (χ0v) is 13.8. The summed E-state index contributed by atoms with van der Waals surface area (Å²) in [6, 6.07) is 11.8. The van der Waals surface area contributed by atoms with Gasteiger partial charge in [0.05, 0.1) is 13.0 Å². The molecule has 0 saturated carbocycles. The molecule has 1 amide bonds. The Morgan fingerprint density at radius 3 is 2.43 bits per heavy atom. The standard InChI is InChI=1S/C19H22FNO2/c1-4-21(18-10-5-14(2)13-15(18)3)19(22)11-12-23-17-8-6-16(20)7-9-17/h5-10,13H,4,11-12H2,1-3H3. The summed E-state index contributed by atoms with van der Waals surface area (Å²) >= 11 is 0. The van der Waals surface area contributed by atoms with Gasteiger partial charge >= 0.3 is 0 Å². The molecule has 4 heteroatoms. The third-order valence-corrected chi connectivity index (χ3v) is 3.66. The third kappa shape index (κ3) is 4.55. The van der Waals surface area contributed by atoms with Crippen LogP contribution in [0.4, 0.5) is 10.1 Å². The molecule has 0 saturated heterocycles. The molecule has 0 aliphatic heterocycles. The van der Waals surface area contributed by atoms with Crippen LogP contribution in [-0.4, -0.2) is 19.1 Å². The molecule has 3 nitrogen and oxygen atoms in total. The summed E-state index contributed by atoms with van der Waals surface area (Å²) in [6.45, 7) is 6.88. The van der Waals surface area contributed by atoms with E-state index in [1.807, 2.05) is 32.9 Å². The van der Waals surface area contributed by atoms with Crippen molar-refractivity contribution in [2.75, 3.05) is 18.1 Å². The van der Waals surface area contributed by atoms with Crippen molar-refractivity contribution in [1.29, 1.82) is 0 Å². The number of carbonyl (C=O) groups is 1. The van der Waals surface area contributed by atoms with Crippen LogP contribution in [0.25, 0.3) is 0 Å². The molecule has 0 atom stereocenters. The maximum absolute atomic E-state index is 12.8. The second-order valence-electron chi connectivity index (χ2n) is 5.48. The minimum Gasteiger partial charge on any atom is -0.493 e. The number of nitrogens with zero attached hydrogens (tertiary/aromatic N) is 1. The highest BCUT2D eigenvalue weighted by atomic mass is 19.1. The van der Waals surface area contributed by atoms with E-state index in [2.05, 4.69) is 6.07 Å². The molecule has 122 valence electrons. The monoisotopic (exact) mass is 315 g/mol. The number of hydrogen-bond acceptors (Lipinski definition) is 2. The molecule has 0 aromatic heterocycles. The van der Waals surface area contributed by atoms with Crippen LogP contribution in [0.15, 0.2) is 42.5 Å². The lowest BCUT2D eigenvalue weighted by Crippen LogP contribution is -2.32. The smallest absolute Gasteiger partial charge is 0.230 e. The minimum absolute atomic E-state index is 0.0153. The Hall–Kier alpha value is -2.36. The minimum atomic E-state index is -0.305. The van der Waals surface area contributed by atoms with Gasteiger partial charge in [0.2, 0.25) is 5.91 Å². The number of anilines is 1. The molecular weight excluding hydrogens is 293 g/mol. The molecule has 0 bridgehead atoms. The molecule has 2 aromatic carbocycles. The highest BCUT2D eigenvalue weighted by Gasteiger charge is 2.15. The van der Waals surface area contributed by atoms with Crippen LogP contribution in [0, 0.1) is 19.7 Å². The summed E-state index contributed by atoms with van der Waals surface area (Å²) in [7, 11) is 0. The van der Waals surface area contributed by atoms with Crippen LogP contribution >= 0.6 is 0 Å². The molecule has 0 aliphatic rings. The second-order valence-corrected chi connectivity index (χ2v) is 5.48. The number of hydrogen-bond donors (Lipinski definition) is 0. The summed E-state index contributed by atoms with van der Waals surface area (Å²) in [6.07, 6.45) is 0.276. The van der Waals surface area contributed by atoms with E-state index in [0.29, 0.717) is 12.3 Å². The lowest BCUT2D eigenvalue weighted by atomic mass is 10.1. The van der Waals surface area contributed by atoms with E-state index in [0.717, 1.165) is 11.3 Å². The maximum atomic E-state index is 12.8. The first-order valence-corrected chi connectivity index (χ1v) is 7.77. The molecule has 0 spiro atoms. The normalized spacial score (nSPS) is 10.4. The Morgan fingerprint density at radius 2 is 1.83 bits per heavy atom. The second kappa shape index (κ2) is 7.77. The number of ether oxygens (including phenoxy) is 1. The van der Waals surface area contributed by atoms with Crippen molar-refractivity contribution in [3.8, 4) is 5.75 Å². The molecule has 0 unspecified atom stereocenters. The Labute approximate surface area is 136 Å². The number of carbonyl (C=O) groups excluding carboxylic acids is 1. The number of aryl methyl sites for hydroxylation is 2. The van der Waals surface area contributed by atoms with Gasteiger partial charge in [-0.1, -0.05) is 17.7 Å². The Morgan fingerprint density at radius 1 is 1.13 bits per heavy atom.